The Labute approximate surface area is 267 Å². The van der Waals surface area contributed by atoms with Gasteiger partial charge in [-0.05, 0) is 66.4 Å². The van der Waals surface area contributed by atoms with Gasteiger partial charge < -0.3 is 19.1 Å². The van der Waals surface area contributed by atoms with Gasteiger partial charge >= 0.3 is 0 Å². The highest BCUT2D eigenvalue weighted by molar-refractivity contribution is 6.12. The topological polar surface area (TPSA) is 90.9 Å². The van der Waals surface area contributed by atoms with E-state index in [1.54, 1.807) is 30.3 Å². The molecule has 1 heterocycles. The minimum atomic E-state index is -1.17. The summed E-state index contributed by atoms with van der Waals surface area (Å²) in [6, 6.07) is 13.4. The molecule has 8 nitrogen and oxygen atoms in total. The highest BCUT2D eigenvalue weighted by Crippen LogP contribution is 2.65. The normalized spacial score (nSPS) is 16.8. The first-order valence-corrected chi connectivity index (χ1v) is 15.5. The van der Waals surface area contributed by atoms with Gasteiger partial charge in [-0.3, -0.25) is 9.59 Å². The van der Waals surface area contributed by atoms with Crippen molar-refractivity contribution in [1.82, 2.24) is 14.9 Å². The van der Waals surface area contributed by atoms with Crippen LogP contribution in [0, 0.1) is 22.5 Å². The van der Waals surface area contributed by atoms with E-state index in [0.717, 1.165) is 19.6 Å². The Morgan fingerprint density at radius 1 is 0.870 bits per heavy atom. The van der Waals surface area contributed by atoms with Crippen LogP contribution < -0.4 is 14.2 Å². The quantitative estimate of drug-likeness (QED) is 0.133. The lowest BCUT2D eigenvalue weighted by atomic mass is 9.82. The third kappa shape index (κ3) is 6.72. The third-order valence-corrected chi connectivity index (χ3v) is 8.98. The number of Topliss-reactive ketones (excluding diaryl/α,β-unsaturated/α-hetero) is 2. The van der Waals surface area contributed by atoms with Gasteiger partial charge in [0.1, 0.15) is 18.8 Å². The van der Waals surface area contributed by atoms with Gasteiger partial charge in [-0.2, -0.15) is 0 Å². The van der Waals surface area contributed by atoms with Crippen LogP contribution in [0.5, 0.6) is 23.1 Å². The van der Waals surface area contributed by atoms with Crippen molar-refractivity contribution in [3.63, 3.8) is 0 Å². The fourth-order valence-corrected chi connectivity index (χ4v) is 6.06. The zero-order valence-electron chi connectivity index (χ0n) is 26.9. The van der Waals surface area contributed by atoms with Crippen LogP contribution >= 0.6 is 0 Å². The van der Waals surface area contributed by atoms with E-state index in [4.69, 9.17) is 14.2 Å². The van der Waals surface area contributed by atoms with Gasteiger partial charge in [0.2, 0.25) is 5.88 Å². The van der Waals surface area contributed by atoms with Crippen LogP contribution in [-0.4, -0.2) is 59.8 Å². The van der Waals surface area contributed by atoms with Crippen molar-refractivity contribution in [2.45, 2.75) is 47.0 Å². The van der Waals surface area contributed by atoms with Crippen LogP contribution in [0.2, 0.25) is 0 Å². The predicted molar refractivity (Wildman–Crippen MR) is 170 cm³/mol. The molecule has 5 rings (SSSR count). The standard InChI is InChI=1S/C36H39F2N3O5/c1-6-41(7-2)14-15-45-31-20-28-26(19-30(31)44-5)34(40-22-39-28)46-29-13-10-24(16-27(29)38)18-33(43)36(21-35(36,3)4)32(42)17-23-8-11-25(37)12-9-23/h8-13,16,19-20,22H,6-7,14-15,17-18,21H2,1-5H3/t36-/m1/s1. The van der Waals surface area contributed by atoms with Gasteiger partial charge in [0.25, 0.3) is 0 Å². The molecule has 1 aliphatic rings. The van der Waals surface area contributed by atoms with E-state index in [-0.39, 0.29) is 36.0 Å². The van der Waals surface area contributed by atoms with Gasteiger partial charge in [-0.1, -0.05) is 45.9 Å². The number of nitrogens with zero attached hydrogens (tertiary/aromatic N) is 3. The van der Waals surface area contributed by atoms with E-state index in [1.165, 1.54) is 37.7 Å². The van der Waals surface area contributed by atoms with Gasteiger partial charge in [-0.25, -0.2) is 18.7 Å². The predicted octanol–water partition coefficient (Wildman–Crippen LogP) is 6.77. The van der Waals surface area contributed by atoms with Gasteiger partial charge in [0.05, 0.1) is 23.4 Å². The number of carbonyl (C=O) groups excluding carboxylic acids is 2. The smallest absolute Gasteiger partial charge is 0.230 e. The number of halogens is 2. The monoisotopic (exact) mass is 631 g/mol. The van der Waals surface area contributed by atoms with E-state index in [0.29, 0.717) is 46.6 Å². The molecule has 0 saturated heterocycles. The summed E-state index contributed by atoms with van der Waals surface area (Å²) in [7, 11) is 1.53. The number of methoxy groups -OCH3 is 1. The Bertz CT molecular complexity index is 1740. The van der Waals surface area contributed by atoms with Gasteiger partial charge in [0, 0.05) is 25.5 Å². The molecule has 1 aliphatic carbocycles. The summed E-state index contributed by atoms with van der Waals surface area (Å²) in [6.07, 6.45) is 1.66. The third-order valence-electron chi connectivity index (χ3n) is 8.98. The van der Waals surface area contributed by atoms with Crippen LogP contribution in [0.25, 0.3) is 10.9 Å². The number of ketones is 2. The molecule has 3 aromatic carbocycles. The minimum Gasteiger partial charge on any atom is -0.493 e. The van der Waals surface area contributed by atoms with Crippen molar-refractivity contribution in [1.29, 1.82) is 0 Å². The maximum absolute atomic E-state index is 15.4. The number of hydrogen-bond donors (Lipinski definition) is 0. The summed E-state index contributed by atoms with van der Waals surface area (Å²) >= 11 is 0. The number of carbonyl (C=O) groups is 2. The van der Waals surface area contributed by atoms with Crippen molar-refractivity contribution in [3.8, 4) is 23.1 Å². The van der Waals surface area contributed by atoms with E-state index >= 15 is 4.39 Å². The molecule has 0 radical (unpaired) electrons. The second kappa shape index (κ2) is 13.5. The Kier molecular flexibility index (Phi) is 9.67. The molecule has 1 saturated carbocycles. The van der Waals surface area contributed by atoms with Crippen molar-refractivity contribution in [3.05, 3.63) is 83.7 Å². The van der Waals surface area contributed by atoms with E-state index in [2.05, 4.69) is 28.7 Å². The maximum atomic E-state index is 15.4. The summed E-state index contributed by atoms with van der Waals surface area (Å²) in [5.41, 5.74) is -0.0856. The van der Waals surface area contributed by atoms with Crippen molar-refractivity contribution < 1.29 is 32.6 Å². The Morgan fingerprint density at radius 3 is 2.13 bits per heavy atom. The highest BCUT2D eigenvalue weighted by atomic mass is 19.1. The molecule has 0 N–H and O–H groups in total. The second-order valence-electron chi connectivity index (χ2n) is 12.2. The number of aromatic nitrogens is 2. The Morgan fingerprint density at radius 2 is 1.52 bits per heavy atom. The minimum absolute atomic E-state index is 0.0260. The van der Waals surface area contributed by atoms with E-state index < -0.39 is 22.5 Å². The zero-order chi connectivity index (χ0) is 33.1. The molecule has 4 aromatic rings. The molecule has 242 valence electrons. The first kappa shape index (κ1) is 32.9. The molecular weight excluding hydrogens is 592 g/mol. The molecule has 10 heteroatoms. The molecule has 1 fully saturated rings. The fourth-order valence-electron chi connectivity index (χ4n) is 6.06. The Hall–Kier alpha value is -4.44. The number of rotatable bonds is 15. The number of benzene rings is 3. The number of ether oxygens (including phenoxy) is 3. The van der Waals surface area contributed by atoms with Crippen LogP contribution in [0.1, 0.15) is 45.2 Å². The molecule has 46 heavy (non-hydrogen) atoms. The van der Waals surface area contributed by atoms with E-state index in [9.17, 15) is 14.0 Å². The largest absolute Gasteiger partial charge is 0.493 e. The van der Waals surface area contributed by atoms with Crippen molar-refractivity contribution in [2.75, 3.05) is 33.4 Å². The first-order valence-electron chi connectivity index (χ1n) is 15.5. The lowest BCUT2D eigenvalue weighted by molar-refractivity contribution is -0.135. The first-order chi connectivity index (χ1) is 22.0. The molecule has 0 aliphatic heterocycles. The second-order valence-corrected chi connectivity index (χ2v) is 12.2. The average Bonchev–Trinajstić information content (AvgIpc) is 3.64. The lowest BCUT2D eigenvalue weighted by Gasteiger charge is -2.19. The summed E-state index contributed by atoms with van der Waals surface area (Å²) in [5.74, 6) is -0.501. The number of fused-ring (bicyclic) bond motifs is 1. The van der Waals surface area contributed by atoms with Gasteiger partial charge in [-0.15, -0.1) is 0 Å². The van der Waals surface area contributed by atoms with Crippen LogP contribution in [0.15, 0.2) is 60.9 Å². The number of likely N-dealkylation sites (N-methyl/N-ethyl adjacent to an activating group) is 1. The van der Waals surface area contributed by atoms with Gasteiger partial charge in [0.15, 0.2) is 34.6 Å². The molecule has 0 unspecified atom stereocenters. The maximum Gasteiger partial charge on any atom is 0.230 e. The molecule has 0 spiro atoms. The summed E-state index contributed by atoms with van der Waals surface area (Å²) in [6.45, 7) is 11.0. The Balaban J connectivity index is 1.30. The molecule has 1 aromatic heterocycles. The van der Waals surface area contributed by atoms with Crippen LogP contribution in [0.3, 0.4) is 0 Å². The van der Waals surface area contributed by atoms with Crippen LogP contribution in [0.4, 0.5) is 8.78 Å². The lowest BCUT2D eigenvalue weighted by Crippen LogP contribution is -2.33. The summed E-state index contributed by atoms with van der Waals surface area (Å²) < 4.78 is 46.2. The summed E-state index contributed by atoms with van der Waals surface area (Å²) in [5, 5.41) is 0.506. The molecule has 1 atom stereocenters. The summed E-state index contributed by atoms with van der Waals surface area (Å²) in [4.78, 5) is 37.8. The number of hydrogen-bond acceptors (Lipinski definition) is 8. The van der Waals surface area contributed by atoms with Crippen molar-refractivity contribution >= 4 is 22.5 Å². The molecular formula is C36H39F2N3O5. The van der Waals surface area contributed by atoms with Crippen LogP contribution in [-0.2, 0) is 22.4 Å². The van der Waals surface area contributed by atoms with Crippen molar-refractivity contribution in [2.24, 2.45) is 10.8 Å². The SMILES string of the molecule is CCN(CC)CCOc1cc2ncnc(Oc3ccc(CC(=O)[C@]4(C(=O)Cc5ccc(F)cc5)CC4(C)C)cc3F)c2cc1OC. The fraction of sp³-hybridized carbons (Fsp3) is 0.389. The zero-order valence-corrected chi connectivity index (χ0v) is 26.9. The molecule has 0 amide bonds. The highest BCUT2D eigenvalue weighted by Gasteiger charge is 2.69. The van der Waals surface area contributed by atoms with E-state index in [1.807, 2.05) is 13.8 Å². The molecule has 0 bridgehead atoms. The average molecular weight is 632 g/mol.